The van der Waals surface area contributed by atoms with Gasteiger partial charge in [0, 0.05) is 6.42 Å². The fraction of sp³-hybridized carbons (Fsp3) is 0.741. The summed E-state index contributed by atoms with van der Waals surface area (Å²) in [5.41, 5.74) is 0. The average Bonchev–Trinajstić information content (AvgIpc) is 3.24. The molecule has 0 aliphatic heterocycles. The molecule has 0 fully saturated rings. The van der Waals surface area contributed by atoms with Crippen LogP contribution in [0, 0.1) is 0 Å². The van der Waals surface area contributed by atoms with Crippen molar-refractivity contribution in [3.8, 4) is 0 Å². The van der Waals surface area contributed by atoms with E-state index in [0.29, 0.717) is 17.4 Å². The Morgan fingerprint density at radius 2 is 0.855 bits per heavy atom. The van der Waals surface area contributed by atoms with E-state index in [1.54, 1.807) is 0 Å². The van der Waals surface area contributed by atoms with Gasteiger partial charge in [0.15, 0.2) is 6.29 Å². The van der Waals surface area contributed by atoms with Crippen molar-refractivity contribution >= 4 is 11.9 Å². The number of carboxylic acids is 1. The van der Waals surface area contributed by atoms with E-state index in [0.717, 1.165) is 57.8 Å². The largest absolute Gasteiger partial charge is 0.545 e. The molecule has 358 valence electrons. The van der Waals surface area contributed by atoms with E-state index in [1.165, 1.54) is 128 Å². The summed E-state index contributed by atoms with van der Waals surface area (Å²) in [6, 6.07) is 0. The molecule has 0 radical (unpaired) electrons. The molecule has 0 aromatic carbocycles. The number of carbonyl (C=O) groups excluding carboxylic acids is 2. The lowest BCUT2D eigenvalue weighted by Crippen LogP contribution is -2.44. The van der Waals surface area contributed by atoms with Crippen LogP contribution in [0.3, 0.4) is 0 Å². The number of hydrogen-bond acceptors (Lipinski definition) is 7. The first kappa shape index (κ1) is 59.2. The summed E-state index contributed by atoms with van der Waals surface area (Å²) >= 11 is 0. The zero-order valence-electron chi connectivity index (χ0n) is 40.5. The first-order valence-electron chi connectivity index (χ1n) is 25.1. The van der Waals surface area contributed by atoms with Gasteiger partial charge in [-0.15, -0.1) is 0 Å². The number of ether oxygens (including phenoxy) is 3. The van der Waals surface area contributed by atoms with Gasteiger partial charge in [-0.3, -0.25) is 4.79 Å². The van der Waals surface area contributed by atoms with Crippen molar-refractivity contribution in [1.82, 2.24) is 0 Å². The van der Waals surface area contributed by atoms with Crippen LogP contribution in [0.15, 0.2) is 72.9 Å². The van der Waals surface area contributed by atoms with Gasteiger partial charge in [0.1, 0.15) is 19.3 Å². The van der Waals surface area contributed by atoms with Gasteiger partial charge >= 0.3 is 5.97 Å². The molecule has 1 N–H and O–H groups in total. The maximum atomic E-state index is 12.0. The van der Waals surface area contributed by atoms with Gasteiger partial charge in [-0.2, -0.15) is 0 Å². The van der Waals surface area contributed by atoms with Crippen molar-refractivity contribution < 1.29 is 38.5 Å². The van der Waals surface area contributed by atoms with Gasteiger partial charge in [-0.1, -0.05) is 208 Å². The molecule has 0 rings (SSSR count). The lowest BCUT2D eigenvalue weighted by atomic mass is 10.0. The fourth-order valence-electron chi connectivity index (χ4n) is 6.83. The van der Waals surface area contributed by atoms with E-state index in [1.807, 2.05) is 21.1 Å². The molecule has 0 aliphatic rings. The van der Waals surface area contributed by atoms with Crippen LogP contribution < -0.4 is 5.11 Å². The Morgan fingerprint density at radius 3 is 1.23 bits per heavy atom. The SMILES string of the molecule is CC/C=C\C/C=C\C/C=C\C/C=C\C/C=C\C/C=C\CCCCCCCCCCCCCCCCCCCCCCCCC(=O)OCC(O)COC(OCC[N+](C)(C)C)C(=O)[O-]. The Labute approximate surface area is 381 Å². The Hall–Kier alpha value is -2.78. The van der Waals surface area contributed by atoms with Crippen molar-refractivity contribution in [2.24, 2.45) is 0 Å². The summed E-state index contributed by atoms with van der Waals surface area (Å²) in [6.07, 6.45) is 61.1. The summed E-state index contributed by atoms with van der Waals surface area (Å²) in [6.45, 7) is 2.35. The number of unbranched alkanes of at least 4 members (excludes halogenated alkanes) is 22. The maximum absolute atomic E-state index is 12.0. The molecule has 0 saturated heterocycles. The minimum Gasteiger partial charge on any atom is -0.545 e. The smallest absolute Gasteiger partial charge is 0.305 e. The van der Waals surface area contributed by atoms with Crippen LogP contribution in [-0.2, 0) is 23.8 Å². The third-order valence-electron chi connectivity index (χ3n) is 10.7. The summed E-state index contributed by atoms with van der Waals surface area (Å²) < 4.78 is 16.0. The third-order valence-corrected chi connectivity index (χ3v) is 10.7. The number of aliphatic hydroxyl groups is 1. The zero-order chi connectivity index (χ0) is 45.5. The van der Waals surface area contributed by atoms with Gasteiger partial charge < -0.3 is 33.7 Å². The van der Waals surface area contributed by atoms with Crippen molar-refractivity contribution in [3.63, 3.8) is 0 Å². The molecule has 0 aromatic rings. The van der Waals surface area contributed by atoms with Crippen LogP contribution in [0.1, 0.15) is 200 Å². The number of allylic oxidation sites excluding steroid dienone is 12. The number of esters is 1. The quantitative estimate of drug-likeness (QED) is 0.0213. The lowest BCUT2D eigenvalue weighted by molar-refractivity contribution is -0.870. The van der Waals surface area contributed by atoms with Crippen LogP contribution in [0.5, 0.6) is 0 Å². The van der Waals surface area contributed by atoms with Gasteiger partial charge in [0.25, 0.3) is 0 Å². The number of aliphatic hydroxyl groups excluding tert-OH is 1. The number of rotatable bonds is 46. The predicted molar refractivity (Wildman–Crippen MR) is 260 cm³/mol. The molecule has 0 saturated carbocycles. The summed E-state index contributed by atoms with van der Waals surface area (Å²) in [7, 11) is 5.88. The molecule has 0 heterocycles. The number of hydrogen-bond donors (Lipinski definition) is 1. The molecular weight excluding hydrogens is 775 g/mol. The fourth-order valence-corrected chi connectivity index (χ4v) is 6.83. The molecule has 8 heteroatoms. The van der Waals surface area contributed by atoms with Gasteiger partial charge in [-0.05, 0) is 57.8 Å². The highest BCUT2D eigenvalue weighted by atomic mass is 16.7. The highest BCUT2D eigenvalue weighted by molar-refractivity contribution is 5.69. The Morgan fingerprint density at radius 1 is 0.500 bits per heavy atom. The van der Waals surface area contributed by atoms with Gasteiger partial charge in [0.2, 0.25) is 0 Å². The number of carboxylic acid groups (broad SMARTS) is 1. The molecule has 8 nitrogen and oxygen atoms in total. The average molecular weight is 870 g/mol. The molecule has 0 bridgehead atoms. The van der Waals surface area contributed by atoms with Crippen LogP contribution >= 0.6 is 0 Å². The first-order chi connectivity index (χ1) is 30.2. The highest BCUT2D eigenvalue weighted by Gasteiger charge is 2.17. The van der Waals surface area contributed by atoms with E-state index in [2.05, 4.69) is 79.8 Å². The minimum atomic E-state index is -1.57. The Bertz CT molecular complexity index is 1180. The van der Waals surface area contributed by atoms with Crippen LogP contribution in [0.2, 0.25) is 0 Å². The van der Waals surface area contributed by atoms with Crippen LogP contribution in [0.25, 0.3) is 0 Å². The van der Waals surface area contributed by atoms with Crippen LogP contribution in [0.4, 0.5) is 0 Å². The summed E-state index contributed by atoms with van der Waals surface area (Å²) in [5.74, 6) is -1.87. The molecular formula is C54H95NO7. The van der Waals surface area contributed by atoms with E-state index < -0.39 is 18.4 Å². The maximum Gasteiger partial charge on any atom is 0.305 e. The molecule has 2 atom stereocenters. The van der Waals surface area contributed by atoms with E-state index in [4.69, 9.17) is 14.2 Å². The second kappa shape index (κ2) is 46.2. The van der Waals surface area contributed by atoms with Crippen molar-refractivity contribution in [2.45, 2.75) is 212 Å². The molecule has 0 spiro atoms. The van der Waals surface area contributed by atoms with Gasteiger partial charge in [0.05, 0.1) is 40.3 Å². The topological polar surface area (TPSA) is 105 Å². The monoisotopic (exact) mass is 870 g/mol. The Balaban J connectivity index is 3.40. The van der Waals surface area contributed by atoms with Crippen molar-refractivity contribution in [2.75, 3.05) is 47.5 Å². The van der Waals surface area contributed by atoms with Crippen LogP contribution in [-0.4, -0.2) is 81.4 Å². The normalized spacial score (nSPS) is 13.6. The minimum absolute atomic E-state index is 0.170. The number of quaternary nitrogens is 1. The third kappa shape index (κ3) is 48.3. The zero-order valence-corrected chi connectivity index (χ0v) is 40.5. The molecule has 2 unspecified atom stereocenters. The summed E-state index contributed by atoms with van der Waals surface area (Å²) in [4.78, 5) is 23.2. The summed E-state index contributed by atoms with van der Waals surface area (Å²) in [5, 5.41) is 21.2. The predicted octanol–water partition coefficient (Wildman–Crippen LogP) is 12.8. The van der Waals surface area contributed by atoms with E-state index >= 15 is 0 Å². The first-order valence-corrected chi connectivity index (χ1v) is 25.1. The standard InChI is InChI=1S/C54H95NO7/c1-5-6-7-8-9-10-11-12-13-14-15-16-17-18-19-20-21-22-23-24-25-26-27-28-29-30-31-32-33-34-35-36-37-38-39-40-41-42-43-44-45-46-52(57)61-49-51(56)50-62-54(53(58)59)60-48-47-55(2,3)4/h6-7,9-10,12-13,15-16,18-19,21-22,51,54,56H,5,8,11,14,17,20,23-50H2,1-4H3/b7-6-,10-9-,13-12-,16-15-,19-18-,22-21-. The number of carbonyl (C=O) groups is 2. The van der Waals surface area contributed by atoms with E-state index in [9.17, 15) is 19.8 Å². The second-order valence-electron chi connectivity index (χ2n) is 17.9. The molecule has 0 aromatic heterocycles. The number of aliphatic carboxylic acids is 1. The highest BCUT2D eigenvalue weighted by Crippen LogP contribution is 2.16. The molecule has 0 amide bonds. The lowest BCUT2D eigenvalue weighted by Gasteiger charge is -2.26. The number of likely N-dealkylation sites (N-methyl/N-ethyl adjacent to an activating group) is 1. The van der Waals surface area contributed by atoms with Crippen molar-refractivity contribution in [3.05, 3.63) is 72.9 Å². The Kier molecular flexibility index (Phi) is 44.1. The number of nitrogens with zero attached hydrogens (tertiary/aromatic N) is 1. The second-order valence-corrected chi connectivity index (χ2v) is 17.9. The van der Waals surface area contributed by atoms with Gasteiger partial charge in [-0.25, -0.2) is 0 Å². The van der Waals surface area contributed by atoms with E-state index in [-0.39, 0.29) is 25.8 Å². The molecule has 62 heavy (non-hydrogen) atoms. The molecule has 0 aliphatic carbocycles. The van der Waals surface area contributed by atoms with Crippen molar-refractivity contribution in [1.29, 1.82) is 0 Å².